The van der Waals surface area contributed by atoms with Gasteiger partial charge in [-0.05, 0) is 55.3 Å². The van der Waals surface area contributed by atoms with Gasteiger partial charge in [-0.3, -0.25) is 0 Å². The highest BCUT2D eigenvalue weighted by Crippen LogP contribution is 2.31. The monoisotopic (exact) mass is 433 g/mol. The van der Waals surface area contributed by atoms with Gasteiger partial charge in [-0.2, -0.15) is 5.26 Å². The third-order valence-electron chi connectivity index (χ3n) is 4.53. The summed E-state index contributed by atoms with van der Waals surface area (Å²) < 4.78 is 37.2. The summed E-state index contributed by atoms with van der Waals surface area (Å²) in [5.74, 6) is 1.03. The van der Waals surface area contributed by atoms with E-state index in [0.717, 1.165) is 5.56 Å². The molecule has 0 aliphatic heterocycles. The topological polar surface area (TPSA) is 76.4 Å². The van der Waals surface area contributed by atoms with E-state index in [0.29, 0.717) is 30.3 Å². The van der Waals surface area contributed by atoms with Crippen molar-refractivity contribution < 1.29 is 17.9 Å². The predicted octanol–water partition coefficient (Wildman–Crippen LogP) is 5.31. The third-order valence-corrected chi connectivity index (χ3v) is 6.21. The number of sulfone groups is 1. The number of nitriles is 1. The van der Waals surface area contributed by atoms with Crippen molar-refractivity contribution in [2.75, 3.05) is 6.61 Å². The number of ether oxygens (including phenoxy) is 2. The Morgan fingerprint density at radius 2 is 1.68 bits per heavy atom. The standard InChI is InChI=1S/C25H23NO4S/c1-3-29-25-16-21(13-14-24(25)30-18-20-11-9-19(2)10-12-20)15-23(17-26)31(27,28)22-7-5-4-6-8-22/h4-16H,3,18H2,1-2H3/b23-15+. The van der Waals surface area contributed by atoms with Crippen molar-refractivity contribution in [3.63, 3.8) is 0 Å². The lowest BCUT2D eigenvalue weighted by Gasteiger charge is -2.13. The molecule has 0 atom stereocenters. The maximum Gasteiger partial charge on any atom is 0.216 e. The van der Waals surface area contributed by atoms with Crippen LogP contribution in [0.4, 0.5) is 0 Å². The van der Waals surface area contributed by atoms with E-state index in [9.17, 15) is 13.7 Å². The van der Waals surface area contributed by atoms with Gasteiger partial charge in [0.2, 0.25) is 9.84 Å². The number of hydrogen-bond acceptors (Lipinski definition) is 5. The molecule has 158 valence electrons. The van der Waals surface area contributed by atoms with E-state index in [-0.39, 0.29) is 9.80 Å². The second-order valence-electron chi connectivity index (χ2n) is 6.85. The molecule has 0 fully saturated rings. The molecule has 5 nitrogen and oxygen atoms in total. The first-order valence-electron chi connectivity index (χ1n) is 9.81. The summed E-state index contributed by atoms with van der Waals surface area (Å²) in [4.78, 5) is -0.264. The molecule has 0 saturated heterocycles. The molecule has 0 amide bonds. The molecule has 31 heavy (non-hydrogen) atoms. The highest BCUT2D eigenvalue weighted by Gasteiger charge is 2.20. The molecule has 3 aromatic rings. The largest absolute Gasteiger partial charge is 0.490 e. The van der Waals surface area contributed by atoms with Gasteiger partial charge in [-0.25, -0.2) is 8.42 Å². The van der Waals surface area contributed by atoms with E-state index in [1.54, 1.807) is 36.4 Å². The number of rotatable bonds is 8. The van der Waals surface area contributed by atoms with E-state index in [1.165, 1.54) is 23.8 Å². The van der Waals surface area contributed by atoms with Crippen LogP contribution < -0.4 is 9.47 Å². The minimum atomic E-state index is -3.91. The van der Waals surface area contributed by atoms with Crippen molar-refractivity contribution >= 4 is 15.9 Å². The van der Waals surface area contributed by atoms with Crippen molar-refractivity contribution in [3.8, 4) is 17.6 Å². The van der Waals surface area contributed by atoms with Crippen molar-refractivity contribution in [3.05, 3.63) is 94.4 Å². The SMILES string of the molecule is CCOc1cc(/C=C(\C#N)S(=O)(=O)c2ccccc2)ccc1OCc1ccc(C)cc1. The molecular formula is C25H23NO4S. The van der Waals surface area contributed by atoms with Gasteiger partial charge in [0, 0.05) is 0 Å². The van der Waals surface area contributed by atoms with Crippen LogP contribution in [0.5, 0.6) is 11.5 Å². The molecule has 0 bridgehead atoms. The quantitative estimate of drug-likeness (QED) is 0.450. The van der Waals surface area contributed by atoms with Crippen LogP contribution in [0.1, 0.15) is 23.6 Å². The van der Waals surface area contributed by atoms with Crippen molar-refractivity contribution in [2.24, 2.45) is 0 Å². The van der Waals surface area contributed by atoms with E-state index in [4.69, 9.17) is 9.47 Å². The lowest BCUT2D eigenvalue weighted by atomic mass is 10.1. The Hall–Kier alpha value is -3.56. The average Bonchev–Trinajstić information content (AvgIpc) is 2.78. The van der Waals surface area contributed by atoms with Crippen LogP contribution >= 0.6 is 0 Å². The average molecular weight is 434 g/mol. The van der Waals surface area contributed by atoms with Crippen LogP contribution in [-0.4, -0.2) is 15.0 Å². The van der Waals surface area contributed by atoms with Gasteiger partial charge in [-0.1, -0.05) is 54.1 Å². The zero-order chi connectivity index (χ0) is 22.3. The van der Waals surface area contributed by atoms with Crippen LogP contribution in [0.15, 0.2) is 82.6 Å². The van der Waals surface area contributed by atoms with Crippen LogP contribution in [0.25, 0.3) is 6.08 Å². The minimum absolute atomic E-state index is 0.0749. The zero-order valence-corrected chi connectivity index (χ0v) is 18.2. The lowest BCUT2D eigenvalue weighted by Crippen LogP contribution is -2.03. The normalized spacial score (nSPS) is 11.6. The number of allylic oxidation sites excluding steroid dienone is 1. The van der Waals surface area contributed by atoms with E-state index < -0.39 is 9.84 Å². The van der Waals surface area contributed by atoms with Crippen molar-refractivity contribution in [1.82, 2.24) is 0 Å². The van der Waals surface area contributed by atoms with E-state index in [2.05, 4.69) is 0 Å². The molecule has 0 heterocycles. The molecule has 0 radical (unpaired) electrons. The maximum atomic E-state index is 12.8. The third kappa shape index (κ3) is 5.53. The fourth-order valence-electron chi connectivity index (χ4n) is 2.90. The number of benzene rings is 3. The summed E-state index contributed by atoms with van der Waals surface area (Å²) in [6, 6.07) is 22.8. The summed E-state index contributed by atoms with van der Waals surface area (Å²) >= 11 is 0. The van der Waals surface area contributed by atoms with E-state index in [1.807, 2.05) is 44.2 Å². The van der Waals surface area contributed by atoms with Crippen molar-refractivity contribution in [1.29, 1.82) is 5.26 Å². The number of hydrogen-bond donors (Lipinski definition) is 0. The predicted molar refractivity (Wildman–Crippen MR) is 120 cm³/mol. The highest BCUT2D eigenvalue weighted by molar-refractivity contribution is 7.95. The molecule has 3 rings (SSSR count). The van der Waals surface area contributed by atoms with Gasteiger partial charge in [0.1, 0.15) is 17.6 Å². The first kappa shape index (κ1) is 22.1. The molecule has 0 spiro atoms. The molecule has 0 saturated carbocycles. The zero-order valence-electron chi connectivity index (χ0n) is 17.4. The summed E-state index contributed by atoms with van der Waals surface area (Å²) in [7, 11) is -3.91. The lowest BCUT2D eigenvalue weighted by molar-refractivity contribution is 0.269. The Morgan fingerprint density at radius 1 is 0.968 bits per heavy atom. The molecule has 6 heteroatoms. The summed E-state index contributed by atoms with van der Waals surface area (Å²) in [6.07, 6.45) is 1.34. The number of nitrogens with zero attached hydrogens (tertiary/aromatic N) is 1. The number of aryl methyl sites for hydroxylation is 1. The Balaban J connectivity index is 1.88. The Labute approximate surface area is 183 Å². The molecule has 3 aromatic carbocycles. The van der Waals surface area contributed by atoms with Gasteiger partial charge >= 0.3 is 0 Å². The summed E-state index contributed by atoms with van der Waals surface area (Å²) in [5, 5.41) is 9.49. The molecular weight excluding hydrogens is 410 g/mol. The Kier molecular flexibility index (Phi) is 7.11. The molecule has 0 unspecified atom stereocenters. The molecule has 0 aromatic heterocycles. The van der Waals surface area contributed by atoms with Gasteiger partial charge in [0.15, 0.2) is 11.5 Å². The molecule has 0 N–H and O–H groups in total. The first-order valence-corrected chi connectivity index (χ1v) is 11.3. The van der Waals surface area contributed by atoms with E-state index >= 15 is 0 Å². The fraction of sp³-hybridized carbons (Fsp3) is 0.160. The smallest absolute Gasteiger partial charge is 0.216 e. The highest BCUT2D eigenvalue weighted by atomic mass is 32.2. The minimum Gasteiger partial charge on any atom is -0.490 e. The maximum absolute atomic E-state index is 12.8. The Morgan fingerprint density at radius 3 is 2.32 bits per heavy atom. The summed E-state index contributed by atoms with van der Waals surface area (Å²) in [6.45, 7) is 4.67. The van der Waals surface area contributed by atoms with Crippen LogP contribution in [-0.2, 0) is 16.4 Å². The van der Waals surface area contributed by atoms with Crippen LogP contribution in [0.3, 0.4) is 0 Å². The second-order valence-corrected chi connectivity index (χ2v) is 8.77. The van der Waals surface area contributed by atoms with Crippen LogP contribution in [0, 0.1) is 18.3 Å². The van der Waals surface area contributed by atoms with Crippen molar-refractivity contribution in [2.45, 2.75) is 25.3 Å². The van der Waals surface area contributed by atoms with Gasteiger partial charge in [0.25, 0.3) is 0 Å². The van der Waals surface area contributed by atoms with Crippen LogP contribution in [0.2, 0.25) is 0 Å². The van der Waals surface area contributed by atoms with Gasteiger partial charge < -0.3 is 9.47 Å². The molecule has 0 aliphatic rings. The second kappa shape index (κ2) is 9.96. The summed E-state index contributed by atoms with van der Waals surface area (Å²) in [5.41, 5.74) is 2.73. The van der Waals surface area contributed by atoms with Gasteiger partial charge in [-0.15, -0.1) is 0 Å². The molecule has 0 aliphatic carbocycles. The Bertz CT molecular complexity index is 1210. The fourth-order valence-corrected chi connectivity index (χ4v) is 4.08. The first-order chi connectivity index (χ1) is 14.9. The van der Waals surface area contributed by atoms with Gasteiger partial charge in [0.05, 0.1) is 11.5 Å².